The molecular formula is C12H14N2O3S. The zero-order valence-corrected chi connectivity index (χ0v) is 11.0. The van der Waals surface area contributed by atoms with Gasteiger partial charge >= 0.3 is 0 Å². The van der Waals surface area contributed by atoms with E-state index < -0.39 is 6.10 Å². The molecule has 0 unspecified atom stereocenters. The van der Waals surface area contributed by atoms with Crippen LogP contribution < -0.4 is 5.32 Å². The van der Waals surface area contributed by atoms with E-state index >= 15 is 0 Å². The number of aromatic nitrogens is 1. The van der Waals surface area contributed by atoms with Crippen molar-refractivity contribution in [1.29, 1.82) is 0 Å². The standard InChI is InChI=1S/C12H14N2O3S/c1-7(15)6-13-11(16)10-8(2)18-12(14-10)9-4-3-5-17-9/h3-5,7,15H,6H2,1-2H3,(H,13,16)/t7-/m1/s1. The van der Waals surface area contributed by atoms with Gasteiger partial charge in [0.25, 0.3) is 5.91 Å². The van der Waals surface area contributed by atoms with Crippen LogP contribution in [0.2, 0.25) is 0 Å². The van der Waals surface area contributed by atoms with Gasteiger partial charge in [-0.1, -0.05) is 0 Å². The van der Waals surface area contributed by atoms with Gasteiger partial charge in [-0.25, -0.2) is 4.98 Å². The molecule has 0 aromatic carbocycles. The minimum Gasteiger partial charge on any atom is -0.462 e. The van der Waals surface area contributed by atoms with E-state index in [-0.39, 0.29) is 12.5 Å². The molecule has 2 aromatic heterocycles. The third-order valence-corrected chi connectivity index (χ3v) is 3.29. The molecule has 0 saturated carbocycles. The van der Waals surface area contributed by atoms with Gasteiger partial charge in [0.1, 0.15) is 5.69 Å². The average Bonchev–Trinajstić information content (AvgIpc) is 2.94. The molecule has 5 nitrogen and oxygen atoms in total. The number of thiazole rings is 1. The highest BCUT2D eigenvalue weighted by Gasteiger charge is 2.17. The molecule has 2 heterocycles. The second-order valence-electron chi connectivity index (χ2n) is 3.96. The first-order valence-electron chi connectivity index (χ1n) is 5.55. The normalized spacial score (nSPS) is 12.4. The number of nitrogens with one attached hydrogen (secondary N) is 1. The molecule has 1 atom stereocenters. The van der Waals surface area contributed by atoms with Crippen LogP contribution in [0, 0.1) is 6.92 Å². The first-order chi connectivity index (χ1) is 8.58. The van der Waals surface area contributed by atoms with Gasteiger partial charge in [-0.05, 0) is 26.0 Å². The number of carbonyl (C=O) groups excluding carboxylic acids is 1. The summed E-state index contributed by atoms with van der Waals surface area (Å²) in [7, 11) is 0. The van der Waals surface area contributed by atoms with Gasteiger partial charge in [0, 0.05) is 11.4 Å². The predicted molar refractivity (Wildman–Crippen MR) is 68.6 cm³/mol. The van der Waals surface area contributed by atoms with Crippen LogP contribution in [0.4, 0.5) is 0 Å². The largest absolute Gasteiger partial charge is 0.462 e. The van der Waals surface area contributed by atoms with Crippen molar-refractivity contribution in [2.75, 3.05) is 6.54 Å². The van der Waals surface area contributed by atoms with Gasteiger partial charge in [0.05, 0.1) is 12.4 Å². The molecule has 2 rings (SSSR count). The number of amides is 1. The molecule has 0 bridgehead atoms. The van der Waals surface area contributed by atoms with Crippen molar-refractivity contribution in [2.45, 2.75) is 20.0 Å². The monoisotopic (exact) mass is 266 g/mol. The van der Waals surface area contributed by atoms with Crippen LogP contribution in [-0.4, -0.2) is 28.6 Å². The highest BCUT2D eigenvalue weighted by atomic mass is 32.1. The zero-order valence-electron chi connectivity index (χ0n) is 10.1. The van der Waals surface area contributed by atoms with Crippen LogP contribution in [-0.2, 0) is 0 Å². The lowest BCUT2D eigenvalue weighted by Crippen LogP contribution is -2.31. The minimum absolute atomic E-state index is 0.214. The summed E-state index contributed by atoms with van der Waals surface area (Å²) in [6, 6.07) is 3.58. The second kappa shape index (κ2) is 5.32. The van der Waals surface area contributed by atoms with Crippen LogP contribution in [0.5, 0.6) is 0 Å². The SMILES string of the molecule is Cc1sc(-c2ccco2)nc1C(=O)NC[C@@H](C)O. The number of hydrogen-bond acceptors (Lipinski definition) is 5. The lowest BCUT2D eigenvalue weighted by Gasteiger charge is -2.05. The summed E-state index contributed by atoms with van der Waals surface area (Å²) >= 11 is 1.41. The molecule has 2 aromatic rings. The maximum absolute atomic E-state index is 11.8. The molecule has 1 amide bonds. The number of hydrogen-bond donors (Lipinski definition) is 2. The fourth-order valence-corrected chi connectivity index (χ4v) is 2.32. The Hall–Kier alpha value is -1.66. The van der Waals surface area contributed by atoms with E-state index in [4.69, 9.17) is 9.52 Å². The van der Waals surface area contributed by atoms with Crippen molar-refractivity contribution in [3.63, 3.8) is 0 Å². The van der Waals surface area contributed by atoms with E-state index in [1.165, 1.54) is 11.3 Å². The van der Waals surface area contributed by atoms with Gasteiger partial charge in [-0.15, -0.1) is 11.3 Å². The van der Waals surface area contributed by atoms with Crippen molar-refractivity contribution in [3.8, 4) is 10.8 Å². The van der Waals surface area contributed by atoms with E-state index in [0.29, 0.717) is 16.5 Å². The number of aryl methyl sites for hydroxylation is 1. The molecule has 0 aliphatic heterocycles. The summed E-state index contributed by atoms with van der Waals surface area (Å²) < 4.78 is 5.24. The molecule has 0 radical (unpaired) electrons. The maximum Gasteiger partial charge on any atom is 0.271 e. The molecule has 0 aliphatic carbocycles. The van der Waals surface area contributed by atoms with Crippen molar-refractivity contribution in [3.05, 3.63) is 29.0 Å². The average molecular weight is 266 g/mol. The molecule has 96 valence electrons. The fourth-order valence-electron chi connectivity index (χ4n) is 1.44. The van der Waals surface area contributed by atoms with Crippen LogP contribution in [0.15, 0.2) is 22.8 Å². The molecule has 2 N–H and O–H groups in total. The number of furan rings is 1. The number of carbonyl (C=O) groups is 1. The van der Waals surface area contributed by atoms with Crippen LogP contribution in [0.25, 0.3) is 10.8 Å². The zero-order chi connectivity index (χ0) is 13.1. The van der Waals surface area contributed by atoms with Gasteiger partial charge in [-0.3, -0.25) is 4.79 Å². The predicted octanol–water partition coefficient (Wildman–Crippen LogP) is 1.82. The fraction of sp³-hybridized carbons (Fsp3) is 0.333. The van der Waals surface area contributed by atoms with Crippen molar-refractivity contribution in [2.24, 2.45) is 0 Å². The Bertz CT molecular complexity index is 532. The lowest BCUT2D eigenvalue weighted by molar-refractivity contribution is 0.0919. The summed E-state index contributed by atoms with van der Waals surface area (Å²) in [6.45, 7) is 3.66. The van der Waals surface area contributed by atoms with Gasteiger partial charge in [-0.2, -0.15) is 0 Å². The number of nitrogens with zero attached hydrogens (tertiary/aromatic N) is 1. The van der Waals surface area contributed by atoms with Gasteiger partial charge in [0.2, 0.25) is 0 Å². The molecule has 6 heteroatoms. The first kappa shape index (κ1) is 12.8. The van der Waals surface area contributed by atoms with Gasteiger partial charge in [0.15, 0.2) is 10.8 Å². The molecule has 0 aliphatic rings. The van der Waals surface area contributed by atoms with E-state index in [2.05, 4.69) is 10.3 Å². The Balaban J connectivity index is 2.17. The summed E-state index contributed by atoms with van der Waals surface area (Å²) in [4.78, 5) is 16.9. The number of rotatable bonds is 4. The Kier molecular flexibility index (Phi) is 3.78. The van der Waals surface area contributed by atoms with Crippen molar-refractivity contribution in [1.82, 2.24) is 10.3 Å². The number of aliphatic hydroxyl groups excluding tert-OH is 1. The third-order valence-electron chi connectivity index (χ3n) is 2.30. The summed E-state index contributed by atoms with van der Waals surface area (Å²) in [5.41, 5.74) is 0.382. The van der Waals surface area contributed by atoms with Gasteiger partial charge < -0.3 is 14.8 Å². The van der Waals surface area contributed by atoms with E-state index in [0.717, 1.165) is 4.88 Å². The van der Waals surface area contributed by atoms with E-state index in [9.17, 15) is 4.79 Å². The van der Waals surface area contributed by atoms with E-state index in [1.54, 1.807) is 25.3 Å². The summed E-state index contributed by atoms with van der Waals surface area (Å²) in [5.74, 6) is 0.375. The van der Waals surface area contributed by atoms with Crippen molar-refractivity contribution < 1.29 is 14.3 Å². The quantitative estimate of drug-likeness (QED) is 0.885. The first-order valence-corrected chi connectivity index (χ1v) is 6.37. The smallest absolute Gasteiger partial charge is 0.271 e. The van der Waals surface area contributed by atoms with Crippen molar-refractivity contribution >= 4 is 17.2 Å². The highest BCUT2D eigenvalue weighted by Crippen LogP contribution is 2.27. The Labute approximate surface area is 108 Å². The highest BCUT2D eigenvalue weighted by molar-refractivity contribution is 7.15. The lowest BCUT2D eigenvalue weighted by atomic mass is 10.3. The minimum atomic E-state index is -0.572. The molecular weight excluding hydrogens is 252 g/mol. The summed E-state index contributed by atoms with van der Waals surface area (Å²) in [5, 5.41) is 12.4. The van der Waals surface area contributed by atoms with Crippen LogP contribution >= 0.6 is 11.3 Å². The molecule has 0 spiro atoms. The van der Waals surface area contributed by atoms with Crippen LogP contribution in [0.1, 0.15) is 22.3 Å². The summed E-state index contributed by atoms with van der Waals surface area (Å²) in [6.07, 6.45) is 0.997. The van der Waals surface area contributed by atoms with E-state index in [1.807, 2.05) is 6.92 Å². The van der Waals surface area contributed by atoms with Crippen LogP contribution in [0.3, 0.4) is 0 Å². The number of aliphatic hydroxyl groups is 1. The molecule has 0 fully saturated rings. The Morgan fingerprint density at radius 2 is 2.44 bits per heavy atom. The molecule has 18 heavy (non-hydrogen) atoms. The third kappa shape index (κ3) is 2.77. The maximum atomic E-state index is 11.8. The Morgan fingerprint density at radius 3 is 3.06 bits per heavy atom. The molecule has 0 saturated heterocycles. The second-order valence-corrected chi connectivity index (χ2v) is 5.16. The topological polar surface area (TPSA) is 75.4 Å². The Morgan fingerprint density at radius 1 is 1.67 bits per heavy atom.